The maximum absolute atomic E-state index is 11.2. The predicted molar refractivity (Wildman–Crippen MR) is 149 cm³/mol. The van der Waals surface area contributed by atoms with E-state index in [1.165, 1.54) is 5.56 Å². The minimum absolute atomic E-state index is 0.0902. The van der Waals surface area contributed by atoms with Crippen molar-refractivity contribution in [2.45, 2.75) is 105 Å². The van der Waals surface area contributed by atoms with Crippen molar-refractivity contribution >= 4 is 18.1 Å². The maximum Gasteiger partial charge on any atom is 0.173 e. The molecular formula is C28H49NO3Si2. The molecule has 4 atom stereocenters. The molecule has 0 saturated carbocycles. The van der Waals surface area contributed by atoms with E-state index < -0.39 is 29.9 Å². The van der Waals surface area contributed by atoms with Gasteiger partial charge in [0.15, 0.2) is 18.1 Å². The highest BCUT2D eigenvalue weighted by Gasteiger charge is 2.50. The number of aliphatic hydroxyl groups excluding tert-OH is 1. The summed E-state index contributed by atoms with van der Waals surface area (Å²) in [5, 5.41) is 11.2. The molecule has 2 unspecified atom stereocenters. The Morgan fingerprint density at radius 2 is 1.65 bits per heavy atom. The van der Waals surface area contributed by atoms with Crippen molar-refractivity contribution in [1.82, 2.24) is 4.90 Å². The van der Waals surface area contributed by atoms with Gasteiger partial charge in [-0.1, -0.05) is 83.7 Å². The number of hydrogen-bond donors (Lipinski definition) is 1. The molecule has 4 nitrogen and oxygen atoms in total. The van der Waals surface area contributed by atoms with Gasteiger partial charge >= 0.3 is 0 Å². The Hall–Kier alpha value is -0.946. The molecule has 6 heteroatoms. The van der Waals surface area contributed by atoms with Gasteiger partial charge in [-0.2, -0.15) is 0 Å². The smallest absolute Gasteiger partial charge is 0.173 e. The van der Waals surface area contributed by atoms with E-state index in [1.54, 1.807) is 0 Å². The second-order valence-electron chi connectivity index (χ2n) is 12.7. The molecular weight excluding hydrogens is 454 g/mol. The zero-order valence-corrected chi connectivity index (χ0v) is 25.6. The molecule has 0 amide bonds. The third-order valence-electron chi connectivity index (χ3n) is 6.57. The van der Waals surface area contributed by atoms with Crippen LogP contribution in [0.4, 0.5) is 0 Å². The minimum atomic E-state index is -1.38. The average Bonchev–Trinajstić information content (AvgIpc) is 3.02. The van der Waals surface area contributed by atoms with Crippen molar-refractivity contribution in [3.05, 3.63) is 35.9 Å². The van der Waals surface area contributed by atoms with E-state index in [9.17, 15) is 5.11 Å². The van der Waals surface area contributed by atoms with Crippen molar-refractivity contribution < 1.29 is 14.0 Å². The van der Waals surface area contributed by atoms with Gasteiger partial charge in [0.1, 0.15) is 17.9 Å². The summed E-state index contributed by atoms with van der Waals surface area (Å²) < 4.78 is 13.0. The van der Waals surface area contributed by atoms with Crippen molar-refractivity contribution in [1.29, 1.82) is 0 Å². The number of likely N-dealkylation sites (tertiary alicyclic amines) is 1. The molecule has 0 spiro atoms. The summed E-state index contributed by atoms with van der Waals surface area (Å²) in [6.07, 6.45) is 0.495. The van der Waals surface area contributed by atoms with E-state index >= 15 is 0 Å². The van der Waals surface area contributed by atoms with Crippen LogP contribution in [0.1, 0.15) is 59.9 Å². The predicted octanol–water partition coefficient (Wildman–Crippen LogP) is 5.42. The summed E-state index contributed by atoms with van der Waals surface area (Å²) >= 11 is 0. The first-order valence-electron chi connectivity index (χ1n) is 12.9. The lowest BCUT2D eigenvalue weighted by Crippen LogP contribution is -2.50. The highest BCUT2D eigenvalue weighted by atomic mass is 28.3. The third kappa shape index (κ3) is 8.62. The van der Waals surface area contributed by atoms with Crippen LogP contribution in [0.2, 0.25) is 26.2 Å². The Kier molecular flexibility index (Phi) is 10.2. The van der Waals surface area contributed by atoms with Gasteiger partial charge in [-0.3, -0.25) is 4.90 Å². The van der Waals surface area contributed by atoms with Crippen LogP contribution in [0, 0.1) is 28.6 Å². The van der Waals surface area contributed by atoms with Gasteiger partial charge in [-0.25, -0.2) is 0 Å². The van der Waals surface area contributed by atoms with Crippen LogP contribution in [-0.4, -0.2) is 52.6 Å². The SMILES string of the molecule is C[SiH](C)OC(C#CC(O)C[C@@]1(O[SiH](C)C)C[C@H](C(C)(C)C)CN1Cc1ccccc1)C(C)(C)C. The van der Waals surface area contributed by atoms with Gasteiger partial charge in [-0.15, -0.1) is 0 Å². The molecule has 2 rings (SSSR count). The largest absolute Gasteiger partial charge is 0.406 e. The van der Waals surface area contributed by atoms with Crippen molar-refractivity contribution in [3.63, 3.8) is 0 Å². The third-order valence-corrected chi connectivity index (χ3v) is 8.29. The van der Waals surface area contributed by atoms with Gasteiger partial charge < -0.3 is 14.0 Å². The number of nitrogens with zero attached hydrogens (tertiary/aromatic N) is 1. The van der Waals surface area contributed by atoms with Gasteiger partial charge in [0.05, 0.1) is 0 Å². The van der Waals surface area contributed by atoms with E-state index in [4.69, 9.17) is 8.85 Å². The van der Waals surface area contributed by atoms with Gasteiger partial charge in [0, 0.05) is 19.5 Å². The zero-order valence-electron chi connectivity index (χ0n) is 23.3. The van der Waals surface area contributed by atoms with Gasteiger partial charge in [0.25, 0.3) is 0 Å². The Morgan fingerprint density at radius 3 is 2.15 bits per heavy atom. The number of aliphatic hydroxyl groups is 1. The van der Waals surface area contributed by atoms with E-state index in [0.29, 0.717) is 12.3 Å². The normalized spacial score (nSPS) is 23.7. The lowest BCUT2D eigenvalue weighted by atomic mass is 9.78. The van der Waals surface area contributed by atoms with E-state index in [-0.39, 0.29) is 16.9 Å². The molecule has 0 radical (unpaired) electrons. The lowest BCUT2D eigenvalue weighted by Gasteiger charge is -2.41. The molecule has 0 bridgehead atoms. The maximum atomic E-state index is 11.2. The highest BCUT2D eigenvalue weighted by molar-refractivity contribution is 6.48. The van der Waals surface area contributed by atoms with Crippen molar-refractivity contribution in [3.8, 4) is 11.8 Å². The van der Waals surface area contributed by atoms with Crippen molar-refractivity contribution in [2.24, 2.45) is 16.7 Å². The molecule has 1 aliphatic heterocycles. The van der Waals surface area contributed by atoms with Gasteiger partial charge in [-0.05, 0) is 54.9 Å². The van der Waals surface area contributed by atoms with Gasteiger partial charge in [0.2, 0.25) is 0 Å². The van der Waals surface area contributed by atoms with Crippen LogP contribution in [0.25, 0.3) is 0 Å². The van der Waals surface area contributed by atoms with Crippen LogP contribution < -0.4 is 0 Å². The molecule has 1 saturated heterocycles. The molecule has 1 aromatic rings. The zero-order chi connectivity index (χ0) is 25.7. The summed E-state index contributed by atoms with van der Waals surface area (Å²) in [5.74, 6) is 6.95. The Bertz CT molecular complexity index is 820. The first-order chi connectivity index (χ1) is 15.6. The highest BCUT2D eigenvalue weighted by Crippen LogP contribution is 2.46. The Morgan fingerprint density at radius 1 is 1.03 bits per heavy atom. The van der Waals surface area contributed by atoms with Crippen LogP contribution in [0.5, 0.6) is 0 Å². The minimum Gasteiger partial charge on any atom is -0.406 e. The quantitative estimate of drug-likeness (QED) is 0.380. The first kappa shape index (κ1) is 29.3. The van der Waals surface area contributed by atoms with E-state index in [0.717, 1.165) is 19.5 Å². The van der Waals surface area contributed by atoms with E-state index in [1.807, 2.05) is 0 Å². The molecule has 34 heavy (non-hydrogen) atoms. The Labute approximate surface area is 212 Å². The molecule has 1 heterocycles. The molecule has 0 aliphatic carbocycles. The van der Waals surface area contributed by atoms with Crippen molar-refractivity contribution in [2.75, 3.05) is 6.54 Å². The first-order valence-corrected chi connectivity index (χ1v) is 18.5. The van der Waals surface area contributed by atoms with E-state index in [2.05, 4.69) is 115 Å². The monoisotopic (exact) mass is 503 g/mol. The number of rotatable bonds is 8. The topological polar surface area (TPSA) is 41.9 Å². The van der Waals surface area contributed by atoms with Crippen LogP contribution in [-0.2, 0) is 15.4 Å². The lowest BCUT2D eigenvalue weighted by molar-refractivity contribution is -0.0872. The molecule has 1 aromatic carbocycles. The van der Waals surface area contributed by atoms with Crippen LogP contribution in [0.3, 0.4) is 0 Å². The number of benzene rings is 1. The summed E-state index contributed by atoms with van der Waals surface area (Å²) in [4.78, 5) is 2.48. The fourth-order valence-electron chi connectivity index (χ4n) is 4.68. The fraction of sp³-hybridized carbons (Fsp3) is 0.714. The molecule has 1 aliphatic rings. The second-order valence-corrected chi connectivity index (χ2v) is 17.4. The summed E-state index contributed by atoms with van der Waals surface area (Å²) in [7, 11) is -2.63. The van der Waals surface area contributed by atoms with Crippen LogP contribution >= 0.6 is 0 Å². The summed E-state index contributed by atoms with van der Waals surface area (Å²) in [5.41, 5.74) is 0.863. The average molecular weight is 504 g/mol. The molecule has 1 fully saturated rings. The molecule has 0 aromatic heterocycles. The summed E-state index contributed by atoms with van der Waals surface area (Å²) in [6, 6.07) is 10.6. The fourth-order valence-corrected chi connectivity index (χ4v) is 6.92. The Balaban J connectivity index is 2.36. The summed E-state index contributed by atoms with van der Waals surface area (Å²) in [6.45, 7) is 24.0. The van der Waals surface area contributed by atoms with Crippen LogP contribution in [0.15, 0.2) is 30.3 Å². The standard InChI is InChI=1S/C28H49NO3Si2/c1-26(2,3)23-18-28(32-34(9)10,29(21-23)20-22-14-12-11-13-15-22)19-24(30)16-17-25(27(4,5)6)31-33(7)8/h11-15,23-25,30,33-34H,18-21H2,1-10H3/t23-,24?,25?,28-/m0/s1. The molecule has 1 N–H and O–H groups in total. The number of hydrogen-bond acceptors (Lipinski definition) is 4. The second kappa shape index (κ2) is 11.9. The molecule has 192 valence electrons.